The van der Waals surface area contributed by atoms with Crippen LogP contribution in [0, 0.1) is 6.92 Å². The lowest BCUT2D eigenvalue weighted by molar-refractivity contribution is 0.111. The first-order valence-corrected chi connectivity index (χ1v) is 5.64. The second kappa shape index (κ2) is 3.82. The van der Waals surface area contributed by atoms with Gasteiger partial charge in [0.15, 0.2) is 6.29 Å². The number of aryl methyl sites for hydroxylation is 1. The van der Waals surface area contributed by atoms with Gasteiger partial charge in [-0.25, -0.2) is 4.68 Å². The molecule has 0 radical (unpaired) electrons. The Hall–Kier alpha value is -1.94. The predicted molar refractivity (Wildman–Crippen MR) is 64.2 cm³/mol. The summed E-state index contributed by atoms with van der Waals surface area (Å²) in [5.41, 5.74) is 4.77. The van der Waals surface area contributed by atoms with Crippen molar-refractivity contribution >= 4 is 6.29 Å². The molecule has 0 unspecified atom stereocenters. The Morgan fingerprint density at radius 2 is 2.18 bits per heavy atom. The van der Waals surface area contributed by atoms with E-state index in [9.17, 15) is 4.79 Å². The number of rotatable bonds is 2. The normalized spacial score (nSPS) is 13.7. The molecule has 0 saturated heterocycles. The van der Waals surface area contributed by atoms with Gasteiger partial charge in [0.2, 0.25) is 0 Å². The van der Waals surface area contributed by atoms with Gasteiger partial charge in [-0.2, -0.15) is 5.10 Å². The van der Waals surface area contributed by atoms with Gasteiger partial charge in [-0.3, -0.25) is 4.79 Å². The number of para-hydroxylation sites is 1. The van der Waals surface area contributed by atoms with E-state index in [-0.39, 0.29) is 0 Å². The van der Waals surface area contributed by atoms with Gasteiger partial charge in [0.05, 0.1) is 11.4 Å². The lowest BCUT2D eigenvalue weighted by Crippen LogP contribution is -2.09. The number of hydrogen-bond acceptors (Lipinski definition) is 3. The maximum atomic E-state index is 11.2. The van der Waals surface area contributed by atoms with Gasteiger partial charge in [0.25, 0.3) is 0 Å². The lowest BCUT2D eigenvalue weighted by Gasteiger charge is -2.08. The Morgan fingerprint density at radius 3 is 2.94 bits per heavy atom. The highest BCUT2D eigenvalue weighted by Crippen LogP contribution is 2.22. The molecule has 17 heavy (non-hydrogen) atoms. The summed E-state index contributed by atoms with van der Waals surface area (Å²) in [5.74, 6) is 0. The molecule has 0 bridgehead atoms. The van der Waals surface area contributed by atoms with Crippen molar-refractivity contribution in [3.8, 4) is 5.69 Å². The van der Waals surface area contributed by atoms with Crippen molar-refractivity contribution in [3.63, 3.8) is 0 Å². The fourth-order valence-electron chi connectivity index (χ4n) is 2.26. The predicted octanol–water partition coefficient (Wildman–Crippen LogP) is 1.60. The Labute approximate surface area is 99.3 Å². The zero-order valence-electron chi connectivity index (χ0n) is 9.60. The molecule has 0 saturated carbocycles. The highest BCUT2D eigenvalue weighted by atomic mass is 16.1. The number of hydrogen-bond donors (Lipinski definition) is 1. The third kappa shape index (κ3) is 1.49. The van der Waals surface area contributed by atoms with E-state index >= 15 is 0 Å². The summed E-state index contributed by atoms with van der Waals surface area (Å²) in [6, 6.07) is 7.95. The molecule has 0 aliphatic carbocycles. The molecule has 1 aromatic carbocycles. The van der Waals surface area contributed by atoms with Crippen LogP contribution in [0.3, 0.4) is 0 Å². The van der Waals surface area contributed by atoms with Gasteiger partial charge in [-0.1, -0.05) is 18.2 Å². The highest BCUT2D eigenvalue weighted by molar-refractivity contribution is 5.77. The number of nitrogens with zero attached hydrogens (tertiary/aromatic N) is 2. The van der Waals surface area contributed by atoms with Crippen LogP contribution in [0.2, 0.25) is 0 Å². The Morgan fingerprint density at radius 1 is 1.35 bits per heavy atom. The van der Waals surface area contributed by atoms with E-state index in [1.807, 2.05) is 31.2 Å². The fourth-order valence-corrected chi connectivity index (χ4v) is 2.26. The molecular formula is C13H13N3O. The minimum absolute atomic E-state index is 0.666. The van der Waals surface area contributed by atoms with Crippen molar-refractivity contribution < 1.29 is 4.79 Å². The molecule has 1 N–H and O–H groups in total. The lowest BCUT2D eigenvalue weighted by atomic mass is 10.2. The summed E-state index contributed by atoms with van der Waals surface area (Å²) in [5, 5.41) is 7.72. The molecule has 0 fully saturated rings. The second-order valence-electron chi connectivity index (χ2n) is 4.23. The van der Waals surface area contributed by atoms with Crippen LogP contribution in [-0.2, 0) is 13.1 Å². The largest absolute Gasteiger partial charge is 0.307 e. The number of fused-ring (bicyclic) bond motifs is 1. The average molecular weight is 227 g/mol. The number of carbonyl (C=O) groups is 1. The molecule has 86 valence electrons. The van der Waals surface area contributed by atoms with Gasteiger partial charge >= 0.3 is 0 Å². The van der Waals surface area contributed by atoms with Crippen molar-refractivity contribution in [2.45, 2.75) is 20.0 Å². The Balaban J connectivity index is 2.22. The second-order valence-corrected chi connectivity index (χ2v) is 4.23. The van der Waals surface area contributed by atoms with E-state index in [0.29, 0.717) is 5.69 Å². The fraction of sp³-hybridized carbons (Fsp3) is 0.231. The van der Waals surface area contributed by atoms with E-state index in [2.05, 4.69) is 10.4 Å². The molecule has 4 heteroatoms. The summed E-state index contributed by atoms with van der Waals surface area (Å²) in [4.78, 5) is 11.2. The smallest absolute Gasteiger partial charge is 0.168 e. The van der Waals surface area contributed by atoms with Crippen molar-refractivity contribution in [3.05, 3.63) is 46.8 Å². The maximum Gasteiger partial charge on any atom is 0.168 e. The van der Waals surface area contributed by atoms with Crippen LogP contribution in [0.1, 0.15) is 27.3 Å². The standard InChI is InChI=1S/C13H13N3O/c1-9-4-2-3-5-12(9)16-13(8-17)10-6-14-7-11(10)15-16/h2-5,8,14H,6-7H2,1H3. The van der Waals surface area contributed by atoms with Crippen molar-refractivity contribution in [2.24, 2.45) is 0 Å². The summed E-state index contributed by atoms with van der Waals surface area (Å²) in [7, 11) is 0. The first-order chi connectivity index (χ1) is 8.31. The Kier molecular flexibility index (Phi) is 2.30. The molecular weight excluding hydrogens is 214 g/mol. The van der Waals surface area contributed by atoms with Crippen LogP contribution in [-0.4, -0.2) is 16.1 Å². The number of nitrogens with one attached hydrogen (secondary N) is 1. The SMILES string of the molecule is Cc1ccccc1-n1nc2c(c1C=O)CNC2. The minimum atomic E-state index is 0.666. The third-order valence-electron chi connectivity index (χ3n) is 3.16. The number of carbonyl (C=O) groups excluding carboxylic acids is 1. The quantitative estimate of drug-likeness (QED) is 0.793. The van der Waals surface area contributed by atoms with Gasteiger partial charge in [0, 0.05) is 18.7 Å². The molecule has 1 aromatic heterocycles. The molecule has 2 heterocycles. The number of benzene rings is 1. The molecule has 0 spiro atoms. The number of aromatic nitrogens is 2. The van der Waals surface area contributed by atoms with Crippen molar-refractivity contribution in [1.29, 1.82) is 0 Å². The van der Waals surface area contributed by atoms with E-state index < -0.39 is 0 Å². The first kappa shape index (κ1) is 10.2. The van der Waals surface area contributed by atoms with Gasteiger partial charge in [-0.05, 0) is 18.6 Å². The molecule has 3 rings (SSSR count). The molecule has 2 aromatic rings. The highest BCUT2D eigenvalue weighted by Gasteiger charge is 2.22. The maximum absolute atomic E-state index is 11.2. The van der Waals surface area contributed by atoms with Gasteiger partial charge in [-0.15, -0.1) is 0 Å². The minimum Gasteiger partial charge on any atom is -0.307 e. The zero-order valence-corrected chi connectivity index (χ0v) is 9.60. The third-order valence-corrected chi connectivity index (χ3v) is 3.16. The molecule has 1 aliphatic rings. The summed E-state index contributed by atoms with van der Waals surface area (Å²) in [6.45, 7) is 3.50. The number of aldehydes is 1. The zero-order chi connectivity index (χ0) is 11.8. The van der Waals surface area contributed by atoms with Crippen LogP contribution in [0.5, 0.6) is 0 Å². The van der Waals surface area contributed by atoms with Crippen LogP contribution in [0.4, 0.5) is 0 Å². The van der Waals surface area contributed by atoms with Crippen LogP contribution in [0.25, 0.3) is 5.69 Å². The van der Waals surface area contributed by atoms with Crippen LogP contribution >= 0.6 is 0 Å². The molecule has 0 amide bonds. The van der Waals surface area contributed by atoms with E-state index in [4.69, 9.17) is 0 Å². The topological polar surface area (TPSA) is 46.9 Å². The van der Waals surface area contributed by atoms with E-state index in [1.165, 1.54) is 0 Å². The van der Waals surface area contributed by atoms with E-state index in [0.717, 1.165) is 41.9 Å². The van der Waals surface area contributed by atoms with Crippen molar-refractivity contribution in [2.75, 3.05) is 0 Å². The molecule has 0 atom stereocenters. The molecule has 1 aliphatic heterocycles. The summed E-state index contributed by atoms with van der Waals surface area (Å²) in [6.07, 6.45) is 0.894. The summed E-state index contributed by atoms with van der Waals surface area (Å²) < 4.78 is 1.76. The van der Waals surface area contributed by atoms with Gasteiger partial charge in [0.1, 0.15) is 5.69 Å². The van der Waals surface area contributed by atoms with Crippen molar-refractivity contribution in [1.82, 2.24) is 15.1 Å². The molecule has 4 nitrogen and oxygen atoms in total. The average Bonchev–Trinajstić information content (AvgIpc) is 2.89. The monoisotopic (exact) mass is 227 g/mol. The van der Waals surface area contributed by atoms with E-state index in [1.54, 1.807) is 4.68 Å². The van der Waals surface area contributed by atoms with Gasteiger partial charge < -0.3 is 5.32 Å². The first-order valence-electron chi connectivity index (χ1n) is 5.64. The van der Waals surface area contributed by atoms with Crippen LogP contribution < -0.4 is 5.32 Å². The van der Waals surface area contributed by atoms with Crippen LogP contribution in [0.15, 0.2) is 24.3 Å². The summed E-state index contributed by atoms with van der Waals surface area (Å²) >= 11 is 0. The Bertz CT molecular complexity index is 586.